The number of carbonyl (C=O) groups is 1. The van der Waals surface area contributed by atoms with Crippen molar-refractivity contribution >= 4 is 11.6 Å². The van der Waals surface area contributed by atoms with E-state index in [4.69, 9.17) is 15.2 Å². The number of methoxy groups -OCH3 is 2. The summed E-state index contributed by atoms with van der Waals surface area (Å²) in [6.45, 7) is 2.14. The first kappa shape index (κ1) is 15.6. The Morgan fingerprint density at radius 3 is 2.76 bits per heavy atom. The van der Waals surface area contributed by atoms with Crippen LogP contribution in [0.15, 0.2) is 18.2 Å². The molecular formula is C16H24N2O3. The van der Waals surface area contributed by atoms with Gasteiger partial charge < -0.3 is 20.5 Å². The molecule has 0 aromatic heterocycles. The lowest BCUT2D eigenvalue weighted by Gasteiger charge is -2.35. The molecule has 2 rings (SSSR count). The van der Waals surface area contributed by atoms with Crippen molar-refractivity contribution in [3.8, 4) is 11.5 Å². The Morgan fingerprint density at radius 1 is 1.38 bits per heavy atom. The molecule has 116 valence electrons. The Labute approximate surface area is 125 Å². The van der Waals surface area contributed by atoms with Crippen LogP contribution >= 0.6 is 0 Å². The standard InChI is InChI=1S/C16H24N2O3/c1-11-5-4-8-16(17,10-11)15(19)18-13-7-6-12(20-2)9-14(13)21-3/h6-7,9,11H,4-5,8,10,17H2,1-3H3,(H,18,19). The first-order valence-electron chi connectivity index (χ1n) is 7.31. The largest absolute Gasteiger partial charge is 0.497 e. The van der Waals surface area contributed by atoms with Crippen LogP contribution in [0.4, 0.5) is 5.69 Å². The van der Waals surface area contributed by atoms with Crippen LogP contribution in [-0.4, -0.2) is 25.7 Å². The van der Waals surface area contributed by atoms with Crippen LogP contribution in [-0.2, 0) is 4.79 Å². The van der Waals surface area contributed by atoms with Crippen molar-refractivity contribution in [3.63, 3.8) is 0 Å². The van der Waals surface area contributed by atoms with Gasteiger partial charge in [-0.15, -0.1) is 0 Å². The molecule has 0 aliphatic heterocycles. The Kier molecular flexibility index (Phi) is 4.73. The van der Waals surface area contributed by atoms with Crippen molar-refractivity contribution in [2.75, 3.05) is 19.5 Å². The summed E-state index contributed by atoms with van der Waals surface area (Å²) in [6.07, 6.45) is 3.57. The van der Waals surface area contributed by atoms with Crippen LogP contribution < -0.4 is 20.5 Å². The molecule has 0 spiro atoms. The topological polar surface area (TPSA) is 73.6 Å². The third-order valence-electron chi connectivity index (χ3n) is 4.14. The lowest BCUT2D eigenvalue weighted by atomic mass is 9.76. The third kappa shape index (κ3) is 3.47. The van der Waals surface area contributed by atoms with Gasteiger partial charge in [0.2, 0.25) is 5.91 Å². The molecule has 3 N–H and O–H groups in total. The van der Waals surface area contributed by atoms with E-state index in [1.54, 1.807) is 32.4 Å². The SMILES string of the molecule is COc1ccc(NC(=O)C2(N)CCCC(C)C2)c(OC)c1. The first-order valence-corrected chi connectivity index (χ1v) is 7.31. The summed E-state index contributed by atoms with van der Waals surface area (Å²) in [7, 11) is 3.15. The van der Waals surface area contributed by atoms with Crippen LogP contribution in [0.5, 0.6) is 11.5 Å². The van der Waals surface area contributed by atoms with E-state index in [-0.39, 0.29) is 5.91 Å². The van der Waals surface area contributed by atoms with E-state index >= 15 is 0 Å². The highest BCUT2D eigenvalue weighted by atomic mass is 16.5. The molecule has 1 saturated carbocycles. The number of anilines is 1. The number of hydrogen-bond donors (Lipinski definition) is 2. The molecule has 2 unspecified atom stereocenters. The quantitative estimate of drug-likeness (QED) is 0.894. The number of ether oxygens (including phenoxy) is 2. The average Bonchev–Trinajstić information content (AvgIpc) is 2.47. The molecule has 1 aliphatic carbocycles. The number of nitrogens with two attached hydrogens (primary N) is 1. The highest BCUT2D eigenvalue weighted by Gasteiger charge is 2.38. The fourth-order valence-electron chi connectivity index (χ4n) is 2.95. The number of amides is 1. The average molecular weight is 292 g/mol. The van der Waals surface area contributed by atoms with Crippen LogP contribution in [0, 0.1) is 5.92 Å². The number of benzene rings is 1. The van der Waals surface area contributed by atoms with E-state index in [0.29, 0.717) is 23.1 Å². The molecule has 1 fully saturated rings. The van der Waals surface area contributed by atoms with Gasteiger partial charge in [-0.3, -0.25) is 4.79 Å². The monoisotopic (exact) mass is 292 g/mol. The Bertz CT molecular complexity index is 518. The van der Waals surface area contributed by atoms with Crippen LogP contribution in [0.2, 0.25) is 0 Å². The van der Waals surface area contributed by atoms with E-state index in [0.717, 1.165) is 25.7 Å². The van der Waals surface area contributed by atoms with Crippen molar-refractivity contribution in [1.29, 1.82) is 0 Å². The van der Waals surface area contributed by atoms with Crippen molar-refractivity contribution in [3.05, 3.63) is 18.2 Å². The fourth-order valence-corrected chi connectivity index (χ4v) is 2.95. The molecule has 5 heteroatoms. The second kappa shape index (κ2) is 6.35. The summed E-state index contributed by atoms with van der Waals surface area (Å²) in [5.74, 6) is 1.58. The minimum atomic E-state index is -0.789. The van der Waals surface area contributed by atoms with Crippen molar-refractivity contribution < 1.29 is 14.3 Å². The second-order valence-corrected chi connectivity index (χ2v) is 5.88. The molecule has 0 heterocycles. The molecule has 2 atom stereocenters. The first-order chi connectivity index (χ1) is 9.98. The van der Waals surface area contributed by atoms with Gasteiger partial charge in [-0.2, -0.15) is 0 Å². The molecule has 1 aromatic carbocycles. The fraction of sp³-hybridized carbons (Fsp3) is 0.562. The lowest BCUT2D eigenvalue weighted by Crippen LogP contribution is -2.53. The lowest BCUT2D eigenvalue weighted by molar-refractivity contribution is -0.122. The van der Waals surface area contributed by atoms with Gasteiger partial charge in [0.25, 0.3) is 0 Å². The van der Waals surface area contributed by atoms with Gasteiger partial charge in [-0.25, -0.2) is 0 Å². The zero-order valence-electron chi connectivity index (χ0n) is 12.9. The third-order valence-corrected chi connectivity index (χ3v) is 4.14. The Morgan fingerprint density at radius 2 is 2.14 bits per heavy atom. The van der Waals surface area contributed by atoms with Crippen molar-refractivity contribution in [2.45, 2.75) is 38.1 Å². The van der Waals surface area contributed by atoms with Crippen molar-refractivity contribution in [2.24, 2.45) is 11.7 Å². The molecule has 1 aromatic rings. The molecule has 0 bridgehead atoms. The predicted octanol–water partition coefficient (Wildman–Crippen LogP) is 2.55. The molecule has 0 radical (unpaired) electrons. The van der Waals surface area contributed by atoms with Gasteiger partial charge in [0, 0.05) is 6.07 Å². The highest BCUT2D eigenvalue weighted by molar-refractivity contribution is 5.99. The number of rotatable bonds is 4. The predicted molar refractivity (Wildman–Crippen MR) is 82.7 cm³/mol. The summed E-state index contributed by atoms with van der Waals surface area (Å²) in [6, 6.07) is 5.29. The van der Waals surface area contributed by atoms with Crippen LogP contribution in [0.3, 0.4) is 0 Å². The Balaban J connectivity index is 2.15. The zero-order chi connectivity index (χ0) is 15.5. The molecule has 1 aliphatic rings. The van der Waals surface area contributed by atoms with Crippen LogP contribution in [0.1, 0.15) is 32.6 Å². The van der Waals surface area contributed by atoms with E-state index in [9.17, 15) is 4.79 Å². The van der Waals surface area contributed by atoms with E-state index in [2.05, 4.69) is 12.2 Å². The summed E-state index contributed by atoms with van der Waals surface area (Å²) >= 11 is 0. The van der Waals surface area contributed by atoms with Gasteiger partial charge in [0.15, 0.2) is 0 Å². The minimum Gasteiger partial charge on any atom is -0.497 e. The summed E-state index contributed by atoms with van der Waals surface area (Å²) in [4.78, 5) is 12.5. The number of carbonyl (C=O) groups excluding carboxylic acids is 1. The van der Waals surface area contributed by atoms with E-state index in [1.165, 1.54) is 0 Å². The van der Waals surface area contributed by atoms with Gasteiger partial charge in [-0.1, -0.05) is 19.8 Å². The van der Waals surface area contributed by atoms with Gasteiger partial charge in [0.1, 0.15) is 11.5 Å². The van der Waals surface area contributed by atoms with Crippen molar-refractivity contribution in [1.82, 2.24) is 0 Å². The maximum Gasteiger partial charge on any atom is 0.244 e. The number of nitrogens with one attached hydrogen (secondary N) is 1. The maximum atomic E-state index is 12.5. The van der Waals surface area contributed by atoms with E-state index < -0.39 is 5.54 Å². The molecule has 0 saturated heterocycles. The summed E-state index contributed by atoms with van der Waals surface area (Å²) in [5, 5.41) is 2.90. The van der Waals surface area contributed by atoms with Crippen LogP contribution in [0.25, 0.3) is 0 Å². The van der Waals surface area contributed by atoms with Gasteiger partial charge >= 0.3 is 0 Å². The normalized spacial score (nSPS) is 25.2. The van der Waals surface area contributed by atoms with Gasteiger partial charge in [0.05, 0.1) is 25.4 Å². The second-order valence-electron chi connectivity index (χ2n) is 5.88. The molecule has 5 nitrogen and oxygen atoms in total. The highest BCUT2D eigenvalue weighted by Crippen LogP contribution is 2.33. The Hall–Kier alpha value is -1.75. The zero-order valence-corrected chi connectivity index (χ0v) is 12.9. The summed E-state index contributed by atoms with van der Waals surface area (Å²) < 4.78 is 10.4. The summed E-state index contributed by atoms with van der Waals surface area (Å²) in [5.41, 5.74) is 6.14. The maximum absolute atomic E-state index is 12.5. The molecule has 21 heavy (non-hydrogen) atoms. The smallest absolute Gasteiger partial charge is 0.244 e. The molecular weight excluding hydrogens is 268 g/mol. The minimum absolute atomic E-state index is 0.141. The molecule has 1 amide bonds. The van der Waals surface area contributed by atoms with E-state index in [1.807, 2.05) is 0 Å². The number of hydrogen-bond acceptors (Lipinski definition) is 4. The van der Waals surface area contributed by atoms with Gasteiger partial charge in [-0.05, 0) is 30.9 Å².